The van der Waals surface area contributed by atoms with Crippen molar-refractivity contribution in [2.75, 3.05) is 0 Å². The van der Waals surface area contributed by atoms with E-state index in [1.54, 1.807) is 6.92 Å². The lowest BCUT2D eigenvalue weighted by Gasteiger charge is -2.34. The van der Waals surface area contributed by atoms with E-state index in [1.165, 1.54) is 0 Å². The summed E-state index contributed by atoms with van der Waals surface area (Å²) in [5.41, 5.74) is -2.41. The predicted molar refractivity (Wildman–Crippen MR) is 71.3 cm³/mol. The summed E-state index contributed by atoms with van der Waals surface area (Å²) in [7, 11) is 0. The highest BCUT2D eigenvalue weighted by atomic mass is 16.9. The Morgan fingerprint density at radius 2 is 1.83 bits per heavy atom. The minimum Gasteiger partial charge on any atom is -0.451 e. The van der Waals surface area contributed by atoms with Crippen molar-refractivity contribution < 1.29 is 43.9 Å². The zero-order valence-electron chi connectivity index (χ0n) is 12.7. The quantitative estimate of drug-likeness (QED) is 0.547. The average molecular weight is 332 g/mol. The Kier molecular flexibility index (Phi) is 4.92. The maximum atomic E-state index is 11.9. The van der Waals surface area contributed by atoms with Gasteiger partial charge in [-0.3, -0.25) is 9.59 Å². The molecule has 2 aliphatic heterocycles. The second kappa shape index (κ2) is 6.42. The summed E-state index contributed by atoms with van der Waals surface area (Å²) in [6.45, 7) is 1.80. The fourth-order valence-electron chi connectivity index (χ4n) is 2.52. The van der Waals surface area contributed by atoms with Gasteiger partial charge in [-0.15, -0.1) is 0 Å². The van der Waals surface area contributed by atoms with Crippen molar-refractivity contribution in [3.8, 4) is 0 Å². The molecule has 4 unspecified atom stereocenters. The molecule has 130 valence electrons. The minimum atomic E-state index is -2.79. The third-order valence-corrected chi connectivity index (χ3v) is 3.91. The molecule has 2 saturated heterocycles. The lowest BCUT2D eigenvalue weighted by molar-refractivity contribution is -0.363. The van der Waals surface area contributed by atoms with Gasteiger partial charge in [0.25, 0.3) is 0 Å². The first kappa shape index (κ1) is 17.6. The van der Waals surface area contributed by atoms with E-state index in [0.29, 0.717) is 19.3 Å². The third kappa shape index (κ3) is 3.80. The molecular formula is C14H20O9. The first-order chi connectivity index (χ1) is 10.7. The van der Waals surface area contributed by atoms with Crippen LogP contribution in [0.15, 0.2) is 0 Å². The van der Waals surface area contributed by atoms with Gasteiger partial charge in [-0.2, -0.15) is 0 Å². The molecule has 3 N–H and O–H groups in total. The van der Waals surface area contributed by atoms with E-state index in [-0.39, 0.29) is 6.42 Å². The lowest BCUT2D eigenvalue weighted by Crippen LogP contribution is -2.55. The zero-order valence-corrected chi connectivity index (χ0v) is 12.7. The van der Waals surface area contributed by atoms with Crippen LogP contribution in [0.3, 0.4) is 0 Å². The summed E-state index contributed by atoms with van der Waals surface area (Å²) < 4.78 is 14.4. The number of carbonyl (C=O) groups excluding carboxylic acids is 3. The molecule has 0 saturated carbocycles. The molecule has 0 amide bonds. The second-order valence-electron chi connectivity index (χ2n) is 5.85. The molecule has 2 aliphatic rings. The molecule has 9 nitrogen and oxygen atoms in total. The molecule has 0 aliphatic carbocycles. The second-order valence-corrected chi connectivity index (χ2v) is 5.85. The van der Waals surface area contributed by atoms with Gasteiger partial charge in [0.1, 0.15) is 0 Å². The van der Waals surface area contributed by atoms with E-state index in [2.05, 4.69) is 0 Å². The van der Waals surface area contributed by atoms with E-state index in [0.717, 1.165) is 0 Å². The highest BCUT2D eigenvalue weighted by Crippen LogP contribution is 2.35. The van der Waals surface area contributed by atoms with Crippen LogP contribution < -0.4 is 0 Å². The molecule has 2 rings (SSSR count). The first-order valence-electron chi connectivity index (χ1n) is 7.46. The van der Waals surface area contributed by atoms with Gasteiger partial charge in [-0.25, -0.2) is 4.79 Å². The summed E-state index contributed by atoms with van der Waals surface area (Å²) in [6.07, 6.45) is -2.35. The van der Waals surface area contributed by atoms with Crippen LogP contribution in [0.2, 0.25) is 0 Å². The molecule has 0 aromatic heterocycles. The summed E-state index contributed by atoms with van der Waals surface area (Å²) in [6, 6.07) is 0. The average Bonchev–Trinajstić information content (AvgIpc) is 2.49. The number of rotatable bonds is 5. The van der Waals surface area contributed by atoms with Crippen molar-refractivity contribution in [2.24, 2.45) is 0 Å². The van der Waals surface area contributed by atoms with Crippen LogP contribution in [-0.4, -0.2) is 57.0 Å². The summed E-state index contributed by atoms with van der Waals surface area (Å²) in [5, 5.41) is 29.9. The van der Waals surface area contributed by atoms with Gasteiger partial charge < -0.3 is 29.5 Å². The van der Waals surface area contributed by atoms with Gasteiger partial charge in [0.2, 0.25) is 6.10 Å². The zero-order chi connectivity index (χ0) is 17.3. The highest BCUT2D eigenvalue weighted by Gasteiger charge is 2.58. The Morgan fingerprint density at radius 1 is 1.17 bits per heavy atom. The maximum Gasteiger partial charge on any atom is 0.413 e. The first-order valence-corrected chi connectivity index (χ1v) is 7.46. The van der Waals surface area contributed by atoms with Crippen molar-refractivity contribution in [1.29, 1.82) is 0 Å². The van der Waals surface area contributed by atoms with Crippen LogP contribution in [0.4, 0.5) is 0 Å². The molecular weight excluding hydrogens is 312 g/mol. The van der Waals surface area contributed by atoms with Crippen molar-refractivity contribution in [3.63, 3.8) is 0 Å². The SMILES string of the molecule is CCC(O)CCCC1OC(=O)CC2(O)CC(=O)OC1(O)OC2=O. The van der Waals surface area contributed by atoms with Crippen LogP contribution in [0.5, 0.6) is 0 Å². The number of cyclic esters (lactones) is 1. The van der Waals surface area contributed by atoms with E-state index in [9.17, 15) is 29.7 Å². The number of aliphatic hydroxyl groups is 3. The van der Waals surface area contributed by atoms with Crippen LogP contribution >= 0.6 is 0 Å². The Balaban J connectivity index is 2.20. The van der Waals surface area contributed by atoms with Gasteiger partial charge in [0, 0.05) is 0 Å². The molecule has 2 heterocycles. The van der Waals surface area contributed by atoms with Crippen LogP contribution in [-0.2, 0) is 28.6 Å². The van der Waals surface area contributed by atoms with Gasteiger partial charge in [0.15, 0.2) is 5.60 Å². The minimum absolute atomic E-state index is 0.00170. The molecule has 9 heteroatoms. The highest BCUT2D eigenvalue weighted by molar-refractivity contribution is 5.91. The standard InChI is InChI=1S/C14H20O9/c1-2-8(15)4-3-5-9-14(20)22-11(17)7-13(19,12(18)23-14)6-10(16)21-9/h8-9,15,19-20H,2-7H2,1H3. The number of carbonyl (C=O) groups is 3. The number of hydrogen-bond acceptors (Lipinski definition) is 9. The Bertz CT molecular complexity index is 504. The monoisotopic (exact) mass is 332 g/mol. The van der Waals surface area contributed by atoms with Crippen molar-refractivity contribution in [3.05, 3.63) is 0 Å². The van der Waals surface area contributed by atoms with Crippen LogP contribution in [0.1, 0.15) is 45.4 Å². The Hall–Kier alpha value is -1.71. The molecule has 0 spiro atoms. The number of aliphatic hydroxyl groups excluding tert-OH is 1. The van der Waals surface area contributed by atoms with E-state index in [1.807, 2.05) is 0 Å². The number of hydrogen-bond donors (Lipinski definition) is 3. The molecule has 0 aromatic rings. The largest absolute Gasteiger partial charge is 0.451 e. The Morgan fingerprint density at radius 3 is 2.48 bits per heavy atom. The maximum absolute atomic E-state index is 11.9. The van der Waals surface area contributed by atoms with Crippen molar-refractivity contribution in [2.45, 2.75) is 69.2 Å². The van der Waals surface area contributed by atoms with Crippen molar-refractivity contribution in [1.82, 2.24) is 0 Å². The molecule has 2 bridgehead atoms. The fraction of sp³-hybridized carbons (Fsp3) is 0.786. The van der Waals surface area contributed by atoms with E-state index in [4.69, 9.17) is 14.2 Å². The molecule has 23 heavy (non-hydrogen) atoms. The summed E-state index contributed by atoms with van der Waals surface area (Å²) >= 11 is 0. The fourth-order valence-corrected chi connectivity index (χ4v) is 2.52. The predicted octanol–water partition coefficient (Wildman–Crippen LogP) is -0.890. The number of fused-ring (bicyclic) bond motifs is 3. The smallest absolute Gasteiger partial charge is 0.413 e. The summed E-state index contributed by atoms with van der Waals surface area (Å²) in [5.74, 6) is -6.15. The topological polar surface area (TPSA) is 140 Å². The van der Waals surface area contributed by atoms with Gasteiger partial charge in [0.05, 0.1) is 18.9 Å². The molecule has 4 atom stereocenters. The van der Waals surface area contributed by atoms with E-state index >= 15 is 0 Å². The Labute approximate surface area is 132 Å². The van der Waals surface area contributed by atoms with Crippen LogP contribution in [0.25, 0.3) is 0 Å². The molecule has 0 radical (unpaired) electrons. The van der Waals surface area contributed by atoms with Crippen LogP contribution in [0, 0.1) is 0 Å². The van der Waals surface area contributed by atoms with Gasteiger partial charge in [-0.1, -0.05) is 6.92 Å². The molecule has 2 fully saturated rings. The van der Waals surface area contributed by atoms with E-state index < -0.39 is 54.5 Å². The normalized spacial score (nSPS) is 35.5. The summed E-state index contributed by atoms with van der Waals surface area (Å²) in [4.78, 5) is 35.5. The van der Waals surface area contributed by atoms with Gasteiger partial charge >= 0.3 is 23.9 Å². The number of ether oxygens (including phenoxy) is 3. The van der Waals surface area contributed by atoms with Gasteiger partial charge in [-0.05, 0) is 25.7 Å². The lowest BCUT2D eigenvalue weighted by atomic mass is 9.95. The number of esters is 3. The third-order valence-electron chi connectivity index (χ3n) is 3.91. The van der Waals surface area contributed by atoms with Crippen molar-refractivity contribution >= 4 is 17.9 Å². The molecule has 0 aromatic carbocycles.